The van der Waals surface area contributed by atoms with Gasteiger partial charge in [-0.25, -0.2) is 9.18 Å². The molecule has 5 heteroatoms. The van der Waals surface area contributed by atoms with Crippen molar-refractivity contribution in [3.05, 3.63) is 23.5 Å². The number of carboxylic acid groups (broad SMARTS) is 1. The van der Waals surface area contributed by atoms with Crippen molar-refractivity contribution in [2.75, 3.05) is 5.73 Å². The normalized spacial score (nSPS) is 9.75. The summed E-state index contributed by atoms with van der Waals surface area (Å²) in [6.07, 6.45) is 0. The average Bonchev–Trinajstić information content (AvgIpc) is 1.99. The molecule has 0 fully saturated rings. The Morgan fingerprint density at radius 3 is 2.50 bits per heavy atom. The van der Waals surface area contributed by atoms with E-state index in [4.69, 9.17) is 15.9 Å². The minimum Gasteiger partial charge on any atom is -0.505 e. The SMILES string of the molecule is Nc1cc(C(=O)O)cc(O)c1F. The maximum atomic E-state index is 12.6. The van der Waals surface area contributed by atoms with Crippen LogP contribution in [0.25, 0.3) is 0 Å². The van der Waals surface area contributed by atoms with E-state index in [1.807, 2.05) is 0 Å². The van der Waals surface area contributed by atoms with E-state index in [2.05, 4.69) is 0 Å². The number of aromatic carboxylic acids is 1. The number of benzene rings is 1. The summed E-state index contributed by atoms with van der Waals surface area (Å²) in [5, 5.41) is 17.2. The molecule has 1 rings (SSSR count). The van der Waals surface area contributed by atoms with Crippen LogP contribution in [-0.4, -0.2) is 16.2 Å². The molecule has 0 saturated carbocycles. The van der Waals surface area contributed by atoms with Gasteiger partial charge in [-0.05, 0) is 12.1 Å². The van der Waals surface area contributed by atoms with Crippen LogP contribution in [0.5, 0.6) is 5.75 Å². The first-order valence-corrected chi connectivity index (χ1v) is 3.03. The van der Waals surface area contributed by atoms with Crippen LogP contribution in [0.3, 0.4) is 0 Å². The van der Waals surface area contributed by atoms with E-state index in [9.17, 15) is 9.18 Å². The van der Waals surface area contributed by atoms with E-state index < -0.39 is 17.5 Å². The third-order valence-corrected chi connectivity index (χ3v) is 1.33. The molecule has 1 aromatic carbocycles. The van der Waals surface area contributed by atoms with Gasteiger partial charge in [0, 0.05) is 0 Å². The number of halogens is 1. The third kappa shape index (κ3) is 1.29. The molecular formula is C7H6FNO3. The molecule has 0 aliphatic carbocycles. The zero-order valence-electron chi connectivity index (χ0n) is 5.91. The molecule has 0 atom stereocenters. The molecule has 0 aromatic heterocycles. The van der Waals surface area contributed by atoms with Crippen molar-refractivity contribution in [3.8, 4) is 5.75 Å². The van der Waals surface area contributed by atoms with Crippen LogP contribution in [0.2, 0.25) is 0 Å². The van der Waals surface area contributed by atoms with E-state index in [1.165, 1.54) is 0 Å². The molecule has 0 heterocycles. The largest absolute Gasteiger partial charge is 0.505 e. The fourth-order valence-electron chi connectivity index (χ4n) is 0.755. The summed E-state index contributed by atoms with van der Waals surface area (Å²) in [4.78, 5) is 10.3. The van der Waals surface area contributed by atoms with Crippen molar-refractivity contribution in [1.82, 2.24) is 0 Å². The summed E-state index contributed by atoms with van der Waals surface area (Å²) < 4.78 is 12.6. The number of nitrogen functional groups attached to an aromatic ring is 1. The number of carbonyl (C=O) groups is 1. The van der Waals surface area contributed by atoms with Gasteiger partial charge in [0.1, 0.15) is 0 Å². The van der Waals surface area contributed by atoms with Gasteiger partial charge in [0.25, 0.3) is 0 Å². The first-order chi connectivity index (χ1) is 5.52. The van der Waals surface area contributed by atoms with Crippen LogP contribution in [0.4, 0.5) is 10.1 Å². The topological polar surface area (TPSA) is 83.6 Å². The van der Waals surface area contributed by atoms with E-state index in [-0.39, 0.29) is 11.3 Å². The van der Waals surface area contributed by atoms with Gasteiger partial charge >= 0.3 is 5.97 Å². The van der Waals surface area contributed by atoms with Crippen molar-refractivity contribution in [1.29, 1.82) is 0 Å². The molecule has 0 unspecified atom stereocenters. The van der Waals surface area contributed by atoms with Gasteiger partial charge in [-0.15, -0.1) is 0 Å². The molecule has 1 aromatic rings. The second kappa shape index (κ2) is 2.69. The lowest BCUT2D eigenvalue weighted by molar-refractivity contribution is 0.0696. The maximum Gasteiger partial charge on any atom is 0.335 e. The number of phenols is 1. The van der Waals surface area contributed by atoms with Crippen LogP contribution in [0.15, 0.2) is 12.1 Å². The lowest BCUT2D eigenvalue weighted by atomic mass is 10.2. The molecule has 4 N–H and O–H groups in total. The van der Waals surface area contributed by atoms with Crippen LogP contribution in [-0.2, 0) is 0 Å². The Morgan fingerprint density at radius 1 is 1.50 bits per heavy atom. The lowest BCUT2D eigenvalue weighted by Gasteiger charge is -2.00. The Bertz CT molecular complexity index is 314. The molecule has 0 saturated heterocycles. The first kappa shape index (κ1) is 8.32. The highest BCUT2D eigenvalue weighted by Crippen LogP contribution is 2.23. The number of hydrogen-bond donors (Lipinski definition) is 3. The quantitative estimate of drug-likeness (QED) is 0.546. The Balaban J connectivity index is 3.31. The number of hydrogen-bond acceptors (Lipinski definition) is 3. The van der Waals surface area contributed by atoms with Crippen molar-refractivity contribution in [2.24, 2.45) is 0 Å². The number of nitrogens with two attached hydrogens (primary N) is 1. The van der Waals surface area contributed by atoms with Gasteiger partial charge in [-0.1, -0.05) is 0 Å². The average molecular weight is 171 g/mol. The predicted molar refractivity (Wildman–Crippen MR) is 39.4 cm³/mol. The number of carboxylic acids is 1. The molecular weight excluding hydrogens is 165 g/mol. The van der Waals surface area contributed by atoms with E-state index >= 15 is 0 Å². The van der Waals surface area contributed by atoms with Crippen molar-refractivity contribution >= 4 is 11.7 Å². The number of phenolic OH excluding ortho intramolecular Hbond substituents is 1. The standard InChI is InChI=1S/C7H6FNO3/c8-6-4(9)1-3(7(11)12)2-5(6)10/h1-2,10H,9H2,(H,11,12). The second-order valence-corrected chi connectivity index (χ2v) is 2.20. The molecule has 0 amide bonds. The van der Waals surface area contributed by atoms with Crippen molar-refractivity contribution in [2.45, 2.75) is 0 Å². The highest BCUT2D eigenvalue weighted by atomic mass is 19.1. The minimum atomic E-state index is -1.27. The Kier molecular flexibility index (Phi) is 1.86. The van der Waals surface area contributed by atoms with Crippen LogP contribution >= 0.6 is 0 Å². The summed E-state index contributed by atoms with van der Waals surface area (Å²) >= 11 is 0. The lowest BCUT2D eigenvalue weighted by Crippen LogP contribution is -1.99. The molecule has 0 spiro atoms. The molecule has 0 radical (unpaired) electrons. The van der Waals surface area contributed by atoms with Crippen molar-refractivity contribution in [3.63, 3.8) is 0 Å². The molecule has 0 aliphatic rings. The highest BCUT2D eigenvalue weighted by molar-refractivity contribution is 5.89. The van der Waals surface area contributed by atoms with Gasteiger partial charge in [0.05, 0.1) is 11.3 Å². The molecule has 4 nitrogen and oxygen atoms in total. The van der Waals surface area contributed by atoms with E-state index in [0.717, 1.165) is 12.1 Å². The number of aromatic hydroxyl groups is 1. The fraction of sp³-hybridized carbons (Fsp3) is 0. The summed E-state index contributed by atoms with van der Waals surface area (Å²) in [7, 11) is 0. The second-order valence-electron chi connectivity index (χ2n) is 2.20. The monoisotopic (exact) mass is 171 g/mol. The Morgan fingerprint density at radius 2 is 2.08 bits per heavy atom. The Labute approximate surface area is 67.1 Å². The zero-order chi connectivity index (χ0) is 9.30. The molecule has 12 heavy (non-hydrogen) atoms. The van der Waals surface area contributed by atoms with Gasteiger partial charge in [-0.2, -0.15) is 0 Å². The highest BCUT2D eigenvalue weighted by Gasteiger charge is 2.10. The summed E-state index contributed by atoms with van der Waals surface area (Å²) in [5.41, 5.74) is 4.43. The summed E-state index contributed by atoms with van der Waals surface area (Å²) in [6.45, 7) is 0. The number of anilines is 1. The van der Waals surface area contributed by atoms with Crippen LogP contribution in [0, 0.1) is 5.82 Å². The van der Waals surface area contributed by atoms with Crippen molar-refractivity contribution < 1.29 is 19.4 Å². The van der Waals surface area contributed by atoms with E-state index in [0.29, 0.717) is 0 Å². The Hall–Kier alpha value is -1.78. The van der Waals surface area contributed by atoms with Gasteiger partial charge < -0.3 is 15.9 Å². The smallest absolute Gasteiger partial charge is 0.335 e. The van der Waals surface area contributed by atoms with Gasteiger partial charge in [0.2, 0.25) is 0 Å². The zero-order valence-corrected chi connectivity index (χ0v) is 5.91. The first-order valence-electron chi connectivity index (χ1n) is 3.03. The summed E-state index contributed by atoms with van der Waals surface area (Å²) in [5.74, 6) is -3.02. The van der Waals surface area contributed by atoms with Crippen LogP contribution in [0.1, 0.15) is 10.4 Å². The van der Waals surface area contributed by atoms with E-state index in [1.54, 1.807) is 0 Å². The third-order valence-electron chi connectivity index (χ3n) is 1.33. The summed E-state index contributed by atoms with van der Waals surface area (Å²) in [6, 6.07) is 1.74. The van der Waals surface area contributed by atoms with Gasteiger partial charge in [-0.3, -0.25) is 0 Å². The molecule has 64 valence electrons. The molecule has 0 bridgehead atoms. The van der Waals surface area contributed by atoms with Gasteiger partial charge in [0.15, 0.2) is 11.6 Å². The fourth-order valence-corrected chi connectivity index (χ4v) is 0.755. The predicted octanol–water partition coefficient (Wildman–Crippen LogP) is 0.812. The minimum absolute atomic E-state index is 0.244. The molecule has 0 aliphatic heterocycles. The number of rotatable bonds is 1. The maximum absolute atomic E-state index is 12.6. The van der Waals surface area contributed by atoms with Crippen LogP contribution < -0.4 is 5.73 Å².